The van der Waals surface area contributed by atoms with E-state index in [1.165, 1.54) is 5.56 Å². The maximum absolute atomic E-state index is 11.8. The van der Waals surface area contributed by atoms with Crippen LogP contribution in [-0.2, 0) is 29.0 Å². The van der Waals surface area contributed by atoms with E-state index in [1.807, 2.05) is 22.9 Å². The van der Waals surface area contributed by atoms with Crippen LogP contribution in [0.5, 0.6) is 0 Å². The normalized spacial score (nSPS) is 9.61. The molecule has 0 unspecified atom stereocenters. The van der Waals surface area contributed by atoms with Crippen LogP contribution in [-0.4, -0.2) is 38.6 Å². The molecule has 0 aliphatic carbocycles. The monoisotopic (exact) mass is 318 g/mol. The Kier molecular flexibility index (Phi) is 8.73. The number of imidazole rings is 1. The molecule has 2 aromatic heterocycles. The zero-order valence-corrected chi connectivity index (χ0v) is 13.2. The molecule has 2 rings (SSSR count). The Balaban J connectivity index is 0.000000816. The average molecular weight is 318 g/mol. The quantitative estimate of drug-likeness (QED) is 0.750. The summed E-state index contributed by atoms with van der Waals surface area (Å²) in [5, 5.41) is 9.83. The van der Waals surface area contributed by atoms with Crippen molar-refractivity contribution in [2.75, 3.05) is 6.54 Å². The molecule has 2 N–H and O–H groups in total. The standard InChI is InChI=1S/C15H20N4O.CH2O2/c1-2-14-17-10-12-19(14)11-6-15(20)18-9-5-13-3-7-16-8-4-13;2-1-3/h3-4,7-8,10,12H,2,5-6,9,11H2,1H3,(H,18,20);1H,(H,2,3). The fraction of sp³-hybridized carbons (Fsp3) is 0.375. The third kappa shape index (κ3) is 7.21. The summed E-state index contributed by atoms with van der Waals surface area (Å²) in [5.74, 6) is 1.10. The summed E-state index contributed by atoms with van der Waals surface area (Å²) in [4.78, 5) is 28.3. The molecule has 0 fully saturated rings. The number of carboxylic acid groups (broad SMARTS) is 1. The summed E-state index contributed by atoms with van der Waals surface area (Å²) in [6.07, 6.45) is 9.43. The van der Waals surface area contributed by atoms with Gasteiger partial charge in [0, 0.05) is 50.7 Å². The summed E-state index contributed by atoms with van der Waals surface area (Å²) < 4.78 is 2.03. The van der Waals surface area contributed by atoms with Gasteiger partial charge in [0.1, 0.15) is 5.82 Å². The lowest BCUT2D eigenvalue weighted by molar-refractivity contribution is -0.123. The van der Waals surface area contributed by atoms with Crippen molar-refractivity contribution >= 4 is 12.4 Å². The van der Waals surface area contributed by atoms with Crippen LogP contribution in [0.4, 0.5) is 0 Å². The van der Waals surface area contributed by atoms with Gasteiger partial charge in [0.05, 0.1) is 0 Å². The van der Waals surface area contributed by atoms with Gasteiger partial charge in [0.15, 0.2) is 0 Å². The number of carbonyl (C=O) groups is 2. The first-order valence-electron chi connectivity index (χ1n) is 7.44. The molecule has 0 spiro atoms. The molecule has 0 saturated heterocycles. The third-order valence-corrected chi connectivity index (χ3v) is 3.18. The first-order valence-corrected chi connectivity index (χ1v) is 7.44. The van der Waals surface area contributed by atoms with Crippen molar-refractivity contribution in [3.63, 3.8) is 0 Å². The average Bonchev–Trinajstić information content (AvgIpc) is 3.02. The van der Waals surface area contributed by atoms with Gasteiger partial charge in [-0.3, -0.25) is 14.6 Å². The number of pyridine rings is 1. The molecule has 7 heteroatoms. The van der Waals surface area contributed by atoms with Crippen molar-refractivity contribution in [3.05, 3.63) is 48.3 Å². The smallest absolute Gasteiger partial charge is 0.290 e. The van der Waals surface area contributed by atoms with Crippen LogP contribution in [0.15, 0.2) is 36.9 Å². The molecular formula is C16H22N4O3. The number of aryl methyl sites for hydroxylation is 2. The van der Waals surface area contributed by atoms with E-state index in [9.17, 15) is 4.79 Å². The molecule has 0 aliphatic rings. The van der Waals surface area contributed by atoms with Crippen molar-refractivity contribution in [2.45, 2.75) is 32.7 Å². The molecule has 124 valence electrons. The first-order chi connectivity index (χ1) is 11.2. The van der Waals surface area contributed by atoms with Crippen LogP contribution >= 0.6 is 0 Å². The van der Waals surface area contributed by atoms with Crippen molar-refractivity contribution in [3.8, 4) is 0 Å². The van der Waals surface area contributed by atoms with E-state index < -0.39 is 0 Å². The number of hydrogen-bond acceptors (Lipinski definition) is 4. The minimum absolute atomic E-state index is 0.0785. The highest BCUT2D eigenvalue weighted by atomic mass is 16.3. The molecule has 2 heterocycles. The van der Waals surface area contributed by atoms with E-state index >= 15 is 0 Å². The Morgan fingerprint density at radius 1 is 1.35 bits per heavy atom. The van der Waals surface area contributed by atoms with E-state index in [1.54, 1.807) is 18.6 Å². The summed E-state index contributed by atoms with van der Waals surface area (Å²) in [7, 11) is 0. The highest BCUT2D eigenvalue weighted by Crippen LogP contribution is 2.00. The molecule has 7 nitrogen and oxygen atoms in total. The molecule has 0 atom stereocenters. The van der Waals surface area contributed by atoms with Gasteiger partial charge in [-0.05, 0) is 24.1 Å². The molecule has 1 amide bonds. The fourth-order valence-corrected chi connectivity index (χ4v) is 2.06. The highest BCUT2D eigenvalue weighted by Gasteiger charge is 2.04. The van der Waals surface area contributed by atoms with E-state index in [-0.39, 0.29) is 12.4 Å². The molecule has 0 aliphatic heterocycles. The Morgan fingerprint density at radius 3 is 2.70 bits per heavy atom. The summed E-state index contributed by atoms with van der Waals surface area (Å²) >= 11 is 0. The van der Waals surface area contributed by atoms with Gasteiger partial charge in [-0.2, -0.15) is 0 Å². The van der Waals surface area contributed by atoms with Crippen LogP contribution < -0.4 is 5.32 Å². The largest absolute Gasteiger partial charge is 0.483 e. The predicted octanol–water partition coefficient (Wildman–Crippen LogP) is 1.29. The summed E-state index contributed by atoms with van der Waals surface area (Å²) in [5.41, 5.74) is 1.18. The number of amides is 1. The first kappa shape index (κ1) is 18.3. The second kappa shape index (κ2) is 10.9. The number of hydrogen-bond donors (Lipinski definition) is 2. The van der Waals surface area contributed by atoms with E-state index in [4.69, 9.17) is 9.90 Å². The lowest BCUT2D eigenvalue weighted by atomic mass is 10.2. The number of nitrogens with zero attached hydrogens (tertiary/aromatic N) is 3. The fourth-order valence-electron chi connectivity index (χ4n) is 2.06. The van der Waals surface area contributed by atoms with Gasteiger partial charge in [0.25, 0.3) is 6.47 Å². The third-order valence-electron chi connectivity index (χ3n) is 3.18. The number of rotatable bonds is 7. The van der Waals surface area contributed by atoms with Crippen molar-refractivity contribution in [2.24, 2.45) is 0 Å². The van der Waals surface area contributed by atoms with Gasteiger partial charge < -0.3 is 15.0 Å². The van der Waals surface area contributed by atoms with Crippen LogP contribution in [0, 0.1) is 0 Å². The van der Waals surface area contributed by atoms with E-state index in [0.29, 0.717) is 19.5 Å². The van der Waals surface area contributed by atoms with E-state index in [0.717, 1.165) is 18.7 Å². The van der Waals surface area contributed by atoms with Gasteiger partial charge >= 0.3 is 0 Å². The predicted molar refractivity (Wildman–Crippen MR) is 85.9 cm³/mol. The van der Waals surface area contributed by atoms with E-state index in [2.05, 4.69) is 22.2 Å². The number of carbonyl (C=O) groups excluding carboxylic acids is 1. The SMILES string of the molecule is CCc1nccn1CCC(=O)NCCc1ccncc1.O=CO. The molecule has 2 aromatic rings. The van der Waals surface area contributed by atoms with Gasteiger partial charge in [0.2, 0.25) is 5.91 Å². The summed E-state index contributed by atoms with van der Waals surface area (Å²) in [6, 6.07) is 3.93. The molecular weight excluding hydrogens is 296 g/mol. The minimum Gasteiger partial charge on any atom is -0.483 e. The Labute approximate surface area is 135 Å². The van der Waals surface area contributed by atoms with Crippen molar-refractivity contribution in [1.82, 2.24) is 19.9 Å². The zero-order chi connectivity index (χ0) is 16.9. The Morgan fingerprint density at radius 2 is 2.04 bits per heavy atom. The molecule has 0 saturated carbocycles. The highest BCUT2D eigenvalue weighted by molar-refractivity contribution is 5.75. The lowest BCUT2D eigenvalue weighted by Crippen LogP contribution is -2.26. The maximum Gasteiger partial charge on any atom is 0.290 e. The molecule has 0 bridgehead atoms. The van der Waals surface area contributed by atoms with Crippen molar-refractivity contribution < 1.29 is 14.7 Å². The second-order valence-electron chi connectivity index (χ2n) is 4.70. The zero-order valence-electron chi connectivity index (χ0n) is 13.2. The summed E-state index contributed by atoms with van der Waals surface area (Å²) in [6.45, 7) is 3.16. The topological polar surface area (TPSA) is 97.1 Å². The van der Waals surface area contributed by atoms with Crippen LogP contribution in [0.1, 0.15) is 24.7 Å². The van der Waals surface area contributed by atoms with Crippen LogP contribution in [0.25, 0.3) is 0 Å². The minimum atomic E-state index is -0.250. The van der Waals surface area contributed by atoms with Gasteiger partial charge in [-0.25, -0.2) is 4.98 Å². The number of nitrogens with one attached hydrogen (secondary N) is 1. The Hall–Kier alpha value is -2.70. The van der Waals surface area contributed by atoms with Gasteiger partial charge in [-0.1, -0.05) is 6.92 Å². The lowest BCUT2D eigenvalue weighted by Gasteiger charge is -2.07. The second-order valence-corrected chi connectivity index (χ2v) is 4.70. The molecule has 0 radical (unpaired) electrons. The molecule has 23 heavy (non-hydrogen) atoms. The molecule has 0 aromatic carbocycles. The Bertz CT molecular complexity index is 584. The van der Waals surface area contributed by atoms with Crippen molar-refractivity contribution in [1.29, 1.82) is 0 Å². The van der Waals surface area contributed by atoms with Crippen LogP contribution in [0.3, 0.4) is 0 Å². The maximum atomic E-state index is 11.8. The van der Waals surface area contributed by atoms with Gasteiger partial charge in [-0.15, -0.1) is 0 Å². The van der Waals surface area contributed by atoms with Crippen LogP contribution in [0.2, 0.25) is 0 Å². The number of aromatic nitrogens is 3.